The monoisotopic (exact) mass is 972 g/mol. The summed E-state index contributed by atoms with van der Waals surface area (Å²) < 4.78 is 288. The maximum Gasteiger partial charge on any atom is 0.430 e. The van der Waals surface area contributed by atoms with Crippen LogP contribution in [0, 0.1) is 11.8 Å². The second kappa shape index (κ2) is 17.8. The number of aliphatic hydroxyl groups is 1. The molecule has 0 amide bonds. The van der Waals surface area contributed by atoms with Crippen molar-refractivity contribution in [2.75, 3.05) is 0 Å². The number of esters is 3. The molecule has 0 bridgehead atoms. The van der Waals surface area contributed by atoms with Gasteiger partial charge in [0.25, 0.3) is 16.8 Å². The highest BCUT2D eigenvalue weighted by Crippen LogP contribution is 2.60. The van der Waals surface area contributed by atoms with E-state index in [2.05, 4.69) is 43.4 Å². The van der Waals surface area contributed by atoms with Gasteiger partial charge < -0.3 is 28.8 Å². The van der Waals surface area contributed by atoms with E-state index >= 15 is 26.3 Å². The lowest BCUT2D eigenvalue weighted by atomic mass is 9.72. The first-order valence-corrected chi connectivity index (χ1v) is 18.4. The number of hydrogen-bond donors (Lipinski definition) is 1. The molecule has 2 saturated carbocycles. The topological polar surface area (TPSA) is 118 Å². The van der Waals surface area contributed by atoms with E-state index in [1.165, 1.54) is 0 Å². The SMILES string of the molecule is C=C(C)C(=O)OC(C1CCC(OC(C(F)(F)F)(C(F)(F)F)C(C)(C)OC(=O)C(=C)C)C1)C(OC1CCC(C(C)(OC(=O)C(=C)C)C(O)(C(F)(F)F)C(F)(F)F)C1)(C(F)(F)F)C(F)(F)F. The first-order valence-electron chi connectivity index (χ1n) is 18.4. The van der Waals surface area contributed by atoms with Gasteiger partial charge in [-0.05, 0) is 80.1 Å². The first kappa shape index (κ1) is 56.4. The fourth-order valence-electron chi connectivity index (χ4n) is 7.79. The summed E-state index contributed by atoms with van der Waals surface area (Å²) in [6, 6.07) is 0. The number of hydrogen-bond acceptors (Lipinski definition) is 9. The third-order valence-corrected chi connectivity index (χ3v) is 11.1. The van der Waals surface area contributed by atoms with Crippen molar-refractivity contribution in [2.24, 2.45) is 11.8 Å². The maximum absolute atomic E-state index is 15.3. The van der Waals surface area contributed by atoms with Crippen molar-refractivity contribution in [3.63, 3.8) is 0 Å². The largest absolute Gasteiger partial charge is 0.455 e. The number of alkyl halides is 18. The molecule has 6 unspecified atom stereocenters. The second-order valence-corrected chi connectivity index (χ2v) is 16.2. The predicted octanol–water partition coefficient (Wildman–Crippen LogP) is 10.2. The van der Waals surface area contributed by atoms with E-state index in [9.17, 15) is 72.2 Å². The van der Waals surface area contributed by atoms with Gasteiger partial charge in [-0.3, -0.25) is 0 Å². The molecule has 64 heavy (non-hydrogen) atoms. The summed E-state index contributed by atoms with van der Waals surface area (Å²) in [5.41, 5.74) is -28.3. The van der Waals surface area contributed by atoms with Gasteiger partial charge in [-0.15, -0.1) is 0 Å². The lowest BCUT2D eigenvalue weighted by Gasteiger charge is -2.48. The van der Waals surface area contributed by atoms with Crippen molar-refractivity contribution >= 4 is 17.9 Å². The average molecular weight is 973 g/mol. The lowest BCUT2D eigenvalue weighted by molar-refractivity contribution is -0.427. The van der Waals surface area contributed by atoms with E-state index in [0.29, 0.717) is 13.8 Å². The minimum Gasteiger partial charge on any atom is -0.455 e. The van der Waals surface area contributed by atoms with Gasteiger partial charge in [-0.2, -0.15) is 79.0 Å². The van der Waals surface area contributed by atoms with Crippen LogP contribution in [0.5, 0.6) is 0 Å². The molecule has 2 aliphatic carbocycles. The van der Waals surface area contributed by atoms with Crippen LogP contribution in [0.2, 0.25) is 0 Å². The Morgan fingerprint density at radius 3 is 1.30 bits per heavy atom. The van der Waals surface area contributed by atoms with Gasteiger partial charge in [0.1, 0.15) is 0 Å². The van der Waals surface area contributed by atoms with E-state index in [-0.39, 0.29) is 20.8 Å². The van der Waals surface area contributed by atoms with Crippen LogP contribution in [-0.2, 0) is 38.1 Å². The van der Waals surface area contributed by atoms with Crippen molar-refractivity contribution in [2.45, 2.75) is 163 Å². The Hall–Kier alpha value is -3.75. The standard InChI is InChI=1S/C37H42F18O9/c1-16(2)24(56)60-23(19-10-12-21(14-19)62-31(36(50,51)52,37(53,54)55)27(7,8)63-25(57)17(3)4)29(32(38,39)40,33(41,42)43)61-22-13-11-20(15-22)28(9,64-26(58)18(5)6)30(59,34(44,45)46)35(47,48)49/h19-23,59H,1,3,5,10-15H2,2,4,6-9H3. The zero-order valence-electron chi connectivity index (χ0n) is 34.3. The van der Waals surface area contributed by atoms with Gasteiger partial charge in [-0.25, -0.2) is 14.4 Å². The van der Waals surface area contributed by atoms with Crippen LogP contribution in [0.15, 0.2) is 36.5 Å². The molecule has 6 atom stereocenters. The van der Waals surface area contributed by atoms with Crippen molar-refractivity contribution < 1.29 is 122 Å². The second-order valence-electron chi connectivity index (χ2n) is 16.2. The van der Waals surface area contributed by atoms with E-state index in [1.54, 1.807) is 0 Å². The average Bonchev–Trinajstić information content (AvgIpc) is 3.74. The Morgan fingerprint density at radius 2 is 0.922 bits per heavy atom. The molecule has 0 radical (unpaired) electrons. The number of ether oxygens (including phenoxy) is 5. The molecule has 0 aromatic rings. The third kappa shape index (κ3) is 9.99. The Morgan fingerprint density at radius 1 is 0.531 bits per heavy atom. The van der Waals surface area contributed by atoms with Gasteiger partial charge >= 0.3 is 55.0 Å². The van der Waals surface area contributed by atoms with Gasteiger partial charge in [0.15, 0.2) is 17.3 Å². The van der Waals surface area contributed by atoms with Crippen LogP contribution in [-0.4, -0.2) is 106 Å². The molecule has 0 aromatic heterocycles. The van der Waals surface area contributed by atoms with Crippen molar-refractivity contribution in [3.8, 4) is 0 Å². The van der Waals surface area contributed by atoms with E-state index in [4.69, 9.17) is 0 Å². The number of rotatable bonds is 15. The molecule has 2 fully saturated rings. The molecular formula is C37H42F18O9. The third-order valence-electron chi connectivity index (χ3n) is 11.1. The van der Waals surface area contributed by atoms with Gasteiger partial charge in [0, 0.05) is 28.6 Å². The summed E-state index contributed by atoms with van der Waals surface area (Å²) in [6.07, 6.45) is -58.8. The molecule has 2 aliphatic rings. The van der Waals surface area contributed by atoms with Crippen molar-refractivity contribution in [1.82, 2.24) is 0 Å². The van der Waals surface area contributed by atoms with Crippen LogP contribution in [0.4, 0.5) is 79.0 Å². The normalized spacial score (nSPS) is 22.6. The number of carbonyl (C=O) groups is 3. The number of halogens is 18. The lowest BCUT2D eigenvalue weighted by Crippen LogP contribution is -2.73. The Bertz CT molecular complexity index is 1750. The van der Waals surface area contributed by atoms with E-state index in [0.717, 1.165) is 6.92 Å². The van der Waals surface area contributed by atoms with Crippen LogP contribution in [0.1, 0.15) is 80.1 Å². The summed E-state index contributed by atoms with van der Waals surface area (Å²) in [5, 5.41) is 10.4. The molecule has 0 saturated heterocycles. The molecule has 370 valence electrons. The molecular weight excluding hydrogens is 930 g/mol. The maximum atomic E-state index is 15.3. The highest BCUT2D eigenvalue weighted by Gasteiger charge is 2.84. The molecule has 9 nitrogen and oxygen atoms in total. The van der Waals surface area contributed by atoms with Gasteiger partial charge in [0.2, 0.25) is 0 Å². The van der Waals surface area contributed by atoms with Crippen LogP contribution >= 0.6 is 0 Å². The zero-order chi connectivity index (χ0) is 50.6. The molecule has 2 rings (SSSR count). The molecule has 0 spiro atoms. The fraction of sp³-hybridized carbons (Fsp3) is 0.757. The molecule has 1 N–H and O–H groups in total. The summed E-state index contributed by atoms with van der Waals surface area (Å²) in [6.45, 7) is 11.2. The molecule has 0 aromatic carbocycles. The van der Waals surface area contributed by atoms with Crippen LogP contribution in [0.3, 0.4) is 0 Å². The molecule has 0 aliphatic heterocycles. The summed E-state index contributed by atoms with van der Waals surface area (Å²) in [4.78, 5) is 37.4. The van der Waals surface area contributed by atoms with Crippen molar-refractivity contribution in [3.05, 3.63) is 36.5 Å². The Kier molecular flexibility index (Phi) is 15.7. The highest BCUT2D eigenvalue weighted by molar-refractivity contribution is 5.88. The summed E-state index contributed by atoms with van der Waals surface area (Å²) in [7, 11) is 0. The van der Waals surface area contributed by atoms with E-state index in [1.807, 2.05) is 0 Å². The van der Waals surface area contributed by atoms with E-state index < -0.39 is 168 Å². The first-order chi connectivity index (χ1) is 28.2. The van der Waals surface area contributed by atoms with Gasteiger partial charge in [0.05, 0.1) is 12.2 Å². The Labute approximate surface area is 352 Å². The molecule has 27 heteroatoms. The molecule has 0 heterocycles. The predicted molar refractivity (Wildman–Crippen MR) is 180 cm³/mol. The minimum absolute atomic E-state index is 0.0779. The summed E-state index contributed by atoms with van der Waals surface area (Å²) in [5.74, 6) is -11.3. The van der Waals surface area contributed by atoms with Crippen LogP contribution in [0.25, 0.3) is 0 Å². The minimum atomic E-state index is -6.93. The zero-order valence-corrected chi connectivity index (χ0v) is 34.3. The van der Waals surface area contributed by atoms with Gasteiger partial charge in [-0.1, -0.05) is 19.7 Å². The fourth-order valence-corrected chi connectivity index (χ4v) is 7.79. The number of carbonyl (C=O) groups excluding carboxylic acids is 3. The van der Waals surface area contributed by atoms with Crippen molar-refractivity contribution in [1.29, 1.82) is 0 Å². The highest BCUT2D eigenvalue weighted by atomic mass is 19.4. The quantitative estimate of drug-likeness (QED) is 0.0741. The smallest absolute Gasteiger partial charge is 0.430 e. The Balaban J connectivity index is 2.89. The summed E-state index contributed by atoms with van der Waals surface area (Å²) >= 11 is 0. The van der Waals surface area contributed by atoms with Crippen LogP contribution < -0.4 is 0 Å².